The fraction of sp³-hybridized carbons (Fsp3) is 0.222. The van der Waals surface area contributed by atoms with Gasteiger partial charge in [0.05, 0.1) is 17.7 Å². The largest absolute Gasteiger partial charge is 0.480 e. The van der Waals surface area contributed by atoms with Crippen molar-refractivity contribution in [1.82, 2.24) is 10.3 Å². The summed E-state index contributed by atoms with van der Waals surface area (Å²) in [4.78, 5) is 39.2. The summed E-state index contributed by atoms with van der Waals surface area (Å²) < 4.78 is 4.72. The molecule has 0 spiro atoms. The number of carbonyl (C=O) groups excluding carboxylic acids is 2. The number of aliphatic carboxylic acids is 1. The molecule has 1 atom stereocenters. The molecular formula is C18H18N2O5. The predicted molar refractivity (Wildman–Crippen MR) is 91.0 cm³/mol. The molecule has 1 aromatic carbocycles. The van der Waals surface area contributed by atoms with Gasteiger partial charge in [0.1, 0.15) is 6.04 Å². The van der Waals surface area contributed by atoms with Crippen LogP contribution in [0.15, 0.2) is 48.7 Å². The SMILES string of the molecule is CCOC(=O)/C=C/C[C@H](NC(=O)c1ccnc2ccccc12)C(=O)O. The summed E-state index contributed by atoms with van der Waals surface area (Å²) >= 11 is 0. The fourth-order valence-electron chi connectivity index (χ4n) is 2.24. The molecule has 0 bridgehead atoms. The van der Waals surface area contributed by atoms with Gasteiger partial charge >= 0.3 is 11.9 Å². The molecule has 1 heterocycles. The number of pyridine rings is 1. The van der Waals surface area contributed by atoms with E-state index in [0.29, 0.717) is 16.5 Å². The minimum absolute atomic E-state index is 0.0388. The Balaban J connectivity index is 2.12. The number of aromatic nitrogens is 1. The fourth-order valence-corrected chi connectivity index (χ4v) is 2.24. The zero-order valence-corrected chi connectivity index (χ0v) is 13.6. The number of carboxylic acid groups (broad SMARTS) is 1. The van der Waals surface area contributed by atoms with E-state index in [1.807, 2.05) is 0 Å². The van der Waals surface area contributed by atoms with Crippen LogP contribution in [-0.2, 0) is 14.3 Å². The van der Waals surface area contributed by atoms with Gasteiger partial charge < -0.3 is 15.2 Å². The maximum Gasteiger partial charge on any atom is 0.330 e. The number of fused-ring (bicyclic) bond motifs is 1. The van der Waals surface area contributed by atoms with E-state index >= 15 is 0 Å². The highest BCUT2D eigenvalue weighted by molar-refractivity contribution is 6.06. The Bertz CT molecular complexity index is 811. The maximum atomic E-state index is 12.5. The van der Waals surface area contributed by atoms with Crippen molar-refractivity contribution in [3.05, 3.63) is 54.2 Å². The zero-order valence-electron chi connectivity index (χ0n) is 13.6. The van der Waals surface area contributed by atoms with Crippen LogP contribution in [0.3, 0.4) is 0 Å². The summed E-state index contributed by atoms with van der Waals surface area (Å²) in [5.41, 5.74) is 0.982. The summed E-state index contributed by atoms with van der Waals surface area (Å²) in [6.07, 6.45) is 3.96. The lowest BCUT2D eigenvalue weighted by Gasteiger charge is -2.13. The Morgan fingerprint density at radius 3 is 2.76 bits per heavy atom. The van der Waals surface area contributed by atoms with Gasteiger partial charge in [-0.15, -0.1) is 0 Å². The number of hydrogen-bond acceptors (Lipinski definition) is 5. The number of para-hydroxylation sites is 1. The number of ether oxygens (including phenoxy) is 1. The summed E-state index contributed by atoms with van der Waals surface area (Å²) in [5, 5.41) is 12.4. The molecule has 2 aromatic rings. The van der Waals surface area contributed by atoms with E-state index in [9.17, 15) is 19.5 Å². The average Bonchev–Trinajstić information content (AvgIpc) is 2.60. The van der Waals surface area contributed by atoms with Crippen molar-refractivity contribution < 1.29 is 24.2 Å². The monoisotopic (exact) mass is 342 g/mol. The molecule has 0 fully saturated rings. The number of rotatable bonds is 7. The summed E-state index contributed by atoms with van der Waals surface area (Å²) in [5.74, 6) is -2.27. The molecule has 130 valence electrons. The van der Waals surface area contributed by atoms with E-state index < -0.39 is 23.9 Å². The topological polar surface area (TPSA) is 106 Å². The lowest BCUT2D eigenvalue weighted by Crippen LogP contribution is -2.40. The molecule has 2 N–H and O–H groups in total. The van der Waals surface area contributed by atoms with E-state index in [0.717, 1.165) is 6.08 Å². The summed E-state index contributed by atoms with van der Waals surface area (Å²) in [6, 6.07) is 7.46. The molecule has 7 heteroatoms. The van der Waals surface area contributed by atoms with Gasteiger partial charge in [0.15, 0.2) is 0 Å². The third-order valence-electron chi connectivity index (χ3n) is 3.41. The molecule has 2 rings (SSSR count). The average molecular weight is 342 g/mol. The first-order valence-electron chi connectivity index (χ1n) is 7.73. The van der Waals surface area contributed by atoms with Crippen LogP contribution in [0.1, 0.15) is 23.7 Å². The molecule has 0 saturated heterocycles. The van der Waals surface area contributed by atoms with Crippen molar-refractivity contribution in [3.8, 4) is 0 Å². The summed E-state index contributed by atoms with van der Waals surface area (Å²) in [7, 11) is 0. The van der Waals surface area contributed by atoms with Crippen molar-refractivity contribution in [2.24, 2.45) is 0 Å². The van der Waals surface area contributed by atoms with Crippen LogP contribution in [0.4, 0.5) is 0 Å². The number of nitrogens with zero attached hydrogens (tertiary/aromatic N) is 1. The highest BCUT2D eigenvalue weighted by atomic mass is 16.5. The standard InChI is InChI=1S/C18H18N2O5/c1-2-25-16(21)9-5-8-15(18(23)24)20-17(22)13-10-11-19-14-7-4-3-6-12(13)14/h3-7,9-11,15H,2,8H2,1H3,(H,20,22)(H,23,24)/b9-5+/t15-/m0/s1. The van der Waals surface area contributed by atoms with Gasteiger partial charge in [-0.1, -0.05) is 24.3 Å². The molecule has 0 unspecified atom stereocenters. The van der Waals surface area contributed by atoms with Crippen LogP contribution in [0.2, 0.25) is 0 Å². The van der Waals surface area contributed by atoms with Gasteiger partial charge in [-0.25, -0.2) is 9.59 Å². The minimum atomic E-state index is -1.19. The van der Waals surface area contributed by atoms with Crippen molar-refractivity contribution in [1.29, 1.82) is 0 Å². The lowest BCUT2D eigenvalue weighted by molar-refractivity contribution is -0.139. The molecule has 0 aliphatic heterocycles. The number of carbonyl (C=O) groups is 3. The third kappa shape index (κ3) is 4.87. The van der Waals surface area contributed by atoms with Gasteiger partial charge in [0.2, 0.25) is 0 Å². The van der Waals surface area contributed by atoms with Crippen molar-refractivity contribution in [2.45, 2.75) is 19.4 Å². The number of benzene rings is 1. The second kappa shape index (κ2) is 8.58. The molecule has 7 nitrogen and oxygen atoms in total. The lowest BCUT2D eigenvalue weighted by atomic mass is 10.1. The molecular weight excluding hydrogens is 324 g/mol. The molecule has 0 aliphatic rings. The van der Waals surface area contributed by atoms with Crippen LogP contribution >= 0.6 is 0 Å². The molecule has 1 amide bonds. The highest BCUT2D eigenvalue weighted by Gasteiger charge is 2.20. The van der Waals surface area contributed by atoms with Crippen LogP contribution in [0.25, 0.3) is 10.9 Å². The first kappa shape index (κ1) is 18.1. The minimum Gasteiger partial charge on any atom is -0.480 e. The number of carboxylic acids is 1. The van der Waals surface area contributed by atoms with Crippen LogP contribution in [-0.4, -0.2) is 40.6 Å². The Morgan fingerprint density at radius 1 is 1.28 bits per heavy atom. The maximum absolute atomic E-state index is 12.5. The molecule has 0 radical (unpaired) electrons. The highest BCUT2D eigenvalue weighted by Crippen LogP contribution is 2.16. The number of amides is 1. The van der Waals surface area contributed by atoms with E-state index in [1.54, 1.807) is 31.2 Å². The zero-order chi connectivity index (χ0) is 18.2. The Kier molecular flexibility index (Phi) is 6.22. The number of esters is 1. The van der Waals surface area contributed by atoms with Gasteiger partial charge in [-0.05, 0) is 25.5 Å². The second-order valence-corrected chi connectivity index (χ2v) is 5.13. The molecule has 25 heavy (non-hydrogen) atoms. The van der Waals surface area contributed by atoms with Crippen molar-refractivity contribution in [2.75, 3.05) is 6.61 Å². The number of nitrogens with one attached hydrogen (secondary N) is 1. The van der Waals surface area contributed by atoms with Crippen LogP contribution < -0.4 is 5.32 Å². The third-order valence-corrected chi connectivity index (χ3v) is 3.41. The quantitative estimate of drug-likeness (QED) is 0.588. The summed E-state index contributed by atoms with van der Waals surface area (Å²) in [6.45, 7) is 1.91. The molecule has 0 aliphatic carbocycles. The van der Waals surface area contributed by atoms with Gasteiger partial charge in [-0.2, -0.15) is 0 Å². The Morgan fingerprint density at radius 2 is 2.04 bits per heavy atom. The smallest absolute Gasteiger partial charge is 0.330 e. The van der Waals surface area contributed by atoms with E-state index in [4.69, 9.17) is 4.74 Å². The predicted octanol–water partition coefficient (Wildman–Crippen LogP) is 1.93. The normalized spacial score (nSPS) is 12.0. The van der Waals surface area contributed by atoms with Crippen LogP contribution in [0.5, 0.6) is 0 Å². The first-order chi connectivity index (χ1) is 12.0. The van der Waals surface area contributed by atoms with E-state index in [2.05, 4.69) is 10.3 Å². The van der Waals surface area contributed by atoms with Crippen molar-refractivity contribution >= 4 is 28.7 Å². The Labute approximate surface area is 144 Å². The van der Waals surface area contributed by atoms with Crippen LogP contribution in [0, 0.1) is 0 Å². The molecule has 0 saturated carbocycles. The number of hydrogen-bond donors (Lipinski definition) is 2. The Hall–Kier alpha value is -3.22. The van der Waals surface area contributed by atoms with Gasteiger partial charge in [-0.3, -0.25) is 9.78 Å². The van der Waals surface area contributed by atoms with Gasteiger partial charge in [0.25, 0.3) is 5.91 Å². The second-order valence-electron chi connectivity index (χ2n) is 5.13. The van der Waals surface area contributed by atoms with Crippen molar-refractivity contribution in [3.63, 3.8) is 0 Å². The first-order valence-corrected chi connectivity index (χ1v) is 7.73. The van der Waals surface area contributed by atoms with E-state index in [-0.39, 0.29) is 13.0 Å². The molecule has 1 aromatic heterocycles. The van der Waals surface area contributed by atoms with Gasteiger partial charge in [0, 0.05) is 17.7 Å². The van der Waals surface area contributed by atoms with E-state index in [1.165, 1.54) is 18.3 Å².